The molecule has 14 heavy (non-hydrogen) atoms. The maximum atomic E-state index is 9.56. The van der Waals surface area contributed by atoms with Gasteiger partial charge in [-0.3, -0.25) is 0 Å². The van der Waals surface area contributed by atoms with Crippen LogP contribution >= 0.6 is 0 Å². The Bertz CT molecular complexity index is 205. The van der Waals surface area contributed by atoms with Crippen molar-refractivity contribution in [2.75, 3.05) is 0 Å². The molecule has 5 heteroatoms. The monoisotopic (exact) mass is 235 g/mol. The number of carbonyl (C=O) groups is 3. The van der Waals surface area contributed by atoms with E-state index in [1.807, 2.05) is 36.4 Å². The summed E-state index contributed by atoms with van der Waals surface area (Å²) < 4.78 is 0. The maximum absolute atomic E-state index is 9.56. The quantitative estimate of drug-likeness (QED) is 0.693. The first kappa shape index (κ1) is 15.2. The summed E-state index contributed by atoms with van der Waals surface area (Å²) in [5, 5.41) is 1.25. The molecule has 1 aromatic carbocycles. The van der Waals surface area contributed by atoms with Crippen molar-refractivity contribution in [1.82, 2.24) is 0 Å². The Morgan fingerprint density at radius 1 is 0.643 bits per heavy atom. The molecule has 0 aliphatic rings. The molecule has 0 atom stereocenters. The normalized spacial score (nSPS) is 7.50. The molecule has 0 aliphatic carbocycles. The minimum absolute atomic E-state index is 0. The third kappa shape index (κ3) is 8.82. The van der Waals surface area contributed by atoms with E-state index in [2.05, 4.69) is 0 Å². The fourth-order valence-electron chi connectivity index (χ4n) is 0.453. The molecule has 77 valence electrons. The molecular weight excluding hydrogens is 224 g/mol. The van der Waals surface area contributed by atoms with Crippen molar-refractivity contribution < 1.29 is 34.0 Å². The summed E-state index contributed by atoms with van der Waals surface area (Å²) in [4.78, 5) is 28.7. The Kier molecular flexibility index (Phi) is 12.7. The molecule has 0 radical (unpaired) electrons. The number of rotatable bonds is 3. The van der Waals surface area contributed by atoms with E-state index in [1.54, 1.807) is 0 Å². The fourth-order valence-corrected chi connectivity index (χ4v) is 0.665. The van der Waals surface area contributed by atoms with E-state index in [0.29, 0.717) is 15.4 Å². The van der Waals surface area contributed by atoms with Crippen LogP contribution < -0.4 is 0 Å². The molecule has 0 aromatic heterocycles. The number of benzene rings is 1. The van der Waals surface area contributed by atoms with Gasteiger partial charge in [-0.15, -0.1) is 0 Å². The van der Waals surface area contributed by atoms with Crippen LogP contribution in [-0.4, -0.2) is 20.9 Å². The number of hydrogen-bond acceptors (Lipinski definition) is 3. The van der Waals surface area contributed by atoms with Crippen molar-refractivity contribution in [1.29, 1.82) is 0 Å². The zero-order chi connectivity index (χ0) is 9.94. The molecule has 1 aromatic rings. The van der Waals surface area contributed by atoms with Gasteiger partial charge in [0.15, 0.2) is 0 Å². The van der Waals surface area contributed by atoms with Gasteiger partial charge in [0.05, 0.1) is 0 Å². The van der Waals surface area contributed by atoms with E-state index in [-0.39, 0.29) is 5.48 Å². The van der Waals surface area contributed by atoms with Crippen LogP contribution in [0.1, 0.15) is 0 Å². The first-order chi connectivity index (χ1) is 6.35. The predicted octanol–water partition coefficient (Wildman–Crippen LogP) is 0.0371. The molecule has 0 heterocycles. The van der Waals surface area contributed by atoms with Crippen molar-refractivity contribution in [3.05, 3.63) is 36.4 Å². The van der Waals surface area contributed by atoms with Gasteiger partial charge in [-0.05, 0) is 0 Å². The zero-order valence-electron chi connectivity index (χ0n) is 7.33. The van der Waals surface area contributed by atoms with E-state index in [4.69, 9.17) is 0 Å². The van der Waals surface area contributed by atoms with Gasteiger partial charge in [-0.2, -0.15) is 0 Å². The standard InChI is InChI=1S/C6H6.3CHO.Cr.H2O/c1-2-4-6-5-3-1;3*1-2;;/h1-6H;3*1H;;1H2. The second kappa shape index (κ2) is 11.7. The molecule has 0 unspecified atom stereocenters. The maximum Gasteiger partial charge on any atom is -0.0623 e. The molecule has 0 aliphatic heterocycles. The number of hydrogen-bond donors (Lipinski definition) is 0. The van der Waals surface area contributed by atoms with Gasteiger partial charge in [-0.25, -0.2) is 0 Å². The van der Waals surface area contributed by atoms with E-state index >= 15 is 0 Å². The summed E-state index contributed by atoms with van der Waals surface area (Å²) in [5.41, 5.74) is 0. The van der Waals surface area contributed by atoms with Crippen LogP contribution in [0.3, 0.4) is 0 Å². The van der Waals surface area contributed by atoms with Gasteiger partial charge < -0.3 is 5.48 Å². The molecule has 1 rings (SSSR count). The molecule has 2 N–H and O–H groups in total. The summed E-state index contributed by atoms with van der Waals surface area (Å²) in [7, 11) is 0. The predicted molar refractivity (Wildman–Crippen MR) is 50.3 cm³/mol. The van der Waals surface area contributed by atoms with Gasteiger partial charge in [0.2, 0.25) is 0 Å². The van der Waals surface area contributed by atoms with Gasteiger partial charge in [0.25, 0.3) is 0 Å². The van der Waals surface area contributed by atoms with Crippen molar-refractivity contribution in [2.24, 2.45) is 0 Å². The van der Waals surface area contributed by atoms with Crippen molar-refractivity contribution in [3.8, 4) is 0 Å². The first-order valence-electron chi connectivity index (χ1n) is 3.41. The average Bonchev–Trinajstić information content (AvgIpc) is 2.24. The van der Waals surface area contributed by atoms with Gasteiger partial charge in [0.1, 0.15) is 0 Å². The Morgan fingerprint density at radius 3 is 0.929 bits per heavy atom. The third-order valence-corrected chi connectivity index (χ3v) is 2.04. The Hall–Kier alpha value is -1.28. The fraction of sp³-hybridized carbons (Fsp3) is 0. The van der Waals surface area contributed by atoms with Crippen molar-refractivity contribution >= 4 is 15.4 Å². The molecule has 0 fully saturated rings. The molecular formula is C9H11CrO4. The summed E-state index contributed by atoms with van der Waals surface area (Å²) in [6, 6.07) is 12.0. The number of carbonyl (C=O) groups excluding carboxylic acids is 3. The smallest absolute Gasteiger partial charge is 0.0623 e. The van der Waals surface area contributed by atoms with Crippen LogP contribution in [0.2, 0.25) is 0 Å². The topological polar surface area (TPSA) is 82.7 Å². The summed E-state index contributed by atoms with van der Waals surface area (Å²) in [5.74, 6) is 0. The second-order valence-electron chi connectivity index (χ2n) is 1.85. The van der Waals surface area contributed by atoms with Crippen LogP contribution in [0.15, 0.2) is 36.4 Å². The van der Waals surface area contributed by atoms with E-state index < -0.39 is 14.1 Å². The second-order valence-corrected chi connectivity index (χ2v) is 4.03. The minimum Gasteiger partial charge on any atom is -0.0623 e. The zero-order valence-corrected chi connectivity index (χ0v) is 8.60. The van der Waals surface area contributed by atoms with Gasteiger partial charge in [-0.1, -0.05) is 36.4 Å². The molecule has 0 amide bonds. The molecule has 4 nitrogen and oxygen atoms in total. The molecule has 0 saturated heterocycles. The average molecular weight is 235 g/mol. The largest absolute Gasteiger partial charge is 0.0623 e. The van der Waals surface area contributed by atoms with Crippen LogP contribution in [-0.2, 0) is 28.5 Å². The molecule has 0 bridgehead atoms. The van der Waals surface area contributed by atoms with Gasteiger partial charge in [0, 0.05) is 0 Å². The minimum atomic E-state index is -2.10. The Labute approximate surface area is 86.2 Å². The Morgan fingerprint density at radius 2 is 0.857 bits per heavy atom. The van der Waals surface area contributed by atoms with Crippen molar-refractivity contribution in [3.63, 3.8) is 0 Å². The van der Waals surface area contributed by atoms with Crippen LogP contribution in [0.4, 0.5) is 0 Å². The van der Waals surface area contributed by atoms with Gasteiger partial charge >= 0.3 is 44.0 Å². The van der Waals surface area contributed by atoms with E-state index in [0.717, 1.165) is 0 Å². The van der Waals surface area contributed by atoms with E-state index in [9.17, 15) is 14.4 Å². The summed E-state index contributed by atoms with van der Waals surface area (Å²) in [6.45, 7) is 0. The molecule has 0 saturated carbocycles. The summed E-state index contributed by atoms with van der Waals surface area (Å²) in [6.07, 6.45) is 0. The van der Waals surface area contributed by atoms with Crippen molar-refractivity contribution in [2.45, 2.75) is 0 Å². The van der Waals surface area contributed by atoms with Crippen LogP contribution in [0.25, 0.3) is 0 Å². The summed E-state index contributed by atoms with van der Waals surface area (Å²) >= 11 is -2.10. The first-order valence-corrected chi connectivity index (χ1v) is 5.62. The van der Waals surface area contributed by atoms with Crippen LogP contribution in [0.5, 0.6) is 0 Å². The van der Waals surface area contributed by atoms with E-state index in [1.165, 1.54) is 0 Å². The molecule has 0 spiro atoms. The van der Waals surface area contributed by atoms with Crippen LogP contribution in [0, 0.1) is 0 Å². The SMILES string of the molecule is O.O=[CH][Cr]([CH]=O)[CH]=O.c1ccccc1. The Balaban J connectivity index is 0. The third-order valence-electron chi connectivity index (χ3n) is 1.00.